The SMILES string of the molecule is O=C(Nc1nccc2c1CC(c1c(Cl)cccc1Cl)=N2)C1CC1. The van der Waals surface area contributed by atoms with Crippen LogP contribution in [0.15, 0.2) is 35.5 Å². The predicted octanol–water partition coefficient (Wildman–Crippen LogP) is 4.41. The molecule has 0 saturated heterocycles. The monoisotopic (exact) mass is 345 g/mol. The van der Waals surface area contributed by atoms with E-state index >= 15 is 0 Å². The molecule has 4 nitrogen and oxygen atoms in total. The summed E-state index contributed by atoms with van der Waals surface area (Å²) >= 11 is 12.6. The minimum atomic E-state index is 0.0372. The number of nitrogens with one attached hydrogen (secondary N) is 1. The van der Waals surface area contributed by atoms with Gasteiger partial charge in [0.25, 0.3) is 0 Å². The number of carbonyl (C=O) groups is 1. The fourth-order valence-corrected chi connectivity index (χ4v) is 3.32. The van der Waals surface area contributed by atoms with Crippen LogP contribution in [0.25, 0.3) is 0 Å². The van der Waals surface area contributed by atoms with Crippen LogP contribution in [0.5, 0.6) is 0 Å². The van der Waals surface area contributed by atoms with Crippen molar-refractivity contribution in [3.8, 4) is 0 Å². The van der Waals surface area contributed by atoms with Gasteiger partial charge in [-0.05, 0) is 31.0 Å². The van der Waals surface area contributed by atoms with Crippen molar-refractivity contribution in [1.82, 2.24) is 4.98 Å². The first-order valence-corrected chi connectivity index (χ1v) is 8.20. The normalized spacial score (nSPS) is 16.0. The second-order valence-electron chi connectivity index (χ2n) is 5.75. The van der Waals surface area contributed by atoms with Crippen LogP contribution < -0.4 is 5.32 Å². The van der Waals surface area contributed by atoms with E-state index in [1.807, 2.05) is 6.07 Å². The number of pyridine rings is 1. The first kappa shape index (κ1) is 14.7. The van der Waals surface area contributed by atoms with Crippen molar-refractivity contribution in [1.29, 1.82) is 0 Å². The second kappa shape index (κ2) is 5.62. The first-order chi connectivity index (χ1) is 11.1. The molecular formula is C17H13Cl2N3O. The van der Waals surface area contributed by atoms with E-state index in [1.165, 1.54) is 0 Å². The minimum Gasteiger partial charge on any atom is -0.310 e. The minimum absolute atomic E-state index is 0.0372. The van der Waals surface area contributed by atoms with Gasteiger partial charge in [0.1, 0.15) is 5.82 Å². The van der Waals surface area contributed by atoms with E-state index in [9.17, 15) is 4.79 Å². The standard InChI is InChI=1S/C17H13Cl2N3O/c18-11-2-1-3-12(19)15(11)14-8-10-13(21-14)6-7-20-16(10)22-17(23)9-4-5-9/h1-3,6-7,9H,4-5,8H2,(H,20,22,23). The average molecular weight is 346 g/mol. The highest BCUT2D eigenvalue weighted by atomic mass is 35.5. The molecule has 4 rings (SSSR count). The van der Waals surface area contributed by atoms with Crippen molar-refractivity contribution in [2.75, 3.05) is 5.32 Å². The largest absolute Gasteiger partial charge is 0.310 e. The van der Waals surface area contributed by atoms with Gasteiger partial charge in [0.05, 0.1) is 21.4 Å². The molecule has 0 atom stereocenters. The molecule has 2 aliphatic rings. The number of fused-ring (bicyclic) bond motifs is 1. The summed E-state index contributed by atoms with van der Waals surface area (Å²) in [4.78, 5) is 20.9. The Morgan fingerprint density at radius 1 is 1.17 bits per heavy atom. The fourth-order valence-electron chi connectivity index (χ4n) is 2.70. The van der Waals surface area contributed by atoms with E-state index in [0.717, 1.165) is 35.4 Å². The van der Waals surface area contributed by atoms with Crippen LogP contribution in [0.3, 0.4) is 0 Å². The Labute approximate surface area is 143 Å². The molecule has 1 fully saturated rings. The zero-order chi connectivity index (χ0) is 16.0. The Morgan fingerprint density at radius 2 is 1.91 bits per heavy atom. The van der Waals surface area contributed by atoms with Crippen LogP contribution in [-0.2, 0) is 11.2 Å². The number of halogens is 2. The number of aliphatic imine (C=N–C) groups is 1. The highest BCUT2D eigenvalue weighted by Crippen LogP contribution is 2.37. The van der Waals surface area contributed by atoms with Crippen molar-refractivity contribution in [3.63, 3.8) is 0 Å². The number of amides is 1. The van der Waals surface area contributed by atoms with Gasteiger partial charge in [-0.15, -0.1) is 0 Å². The van der Waals surface area contributed by atoms with E-state index in [4.69, 9.17) is 23.2 Å². The molecule has 1 N–H and O–H groups in total. The van der Waals surface area contributed by atoms with Gasteiger partial charge in [0.15, 0.2) is 0 Å². The van der Waals surface area contributed by atoms with Gasteiger partial charge in [0, 0.05) is 29.7 Å². The van der Waals surface area contributed by atoms with Crippen molar-refractivity contribution in [3.05, 3.63) is 51.6 Å². The zero-order valence-electron chi connectivity index (χ0n) is 12.1. The van der Waals surface area contributed by atoms with Crippen molar-refractivity contribution in [2.45, 2.75) is 19.3 Å². The maximum Gasteiger partial charge on any atom is 0.228 e. The number of carbonyl (C=O) groups excluding carboxylic acids is 1. The molecule has 2 heterocycles. The lowest BCUT2D eigenvalue weighted by Crippen LogP contribution is -2.16. The predicted molar refractivity (Wildman–Crippen MR) is 92.0 cm³/mol. The molecule has 6 heteroatoms. The van der Waals surface area contributed by atoms with E-state index in [0.29, 0.717) is 22.3 Å². The van der Waals surface area contributed by atoms with Gasteiger partial charge in [-0.2, -0.15) is 0 Å². The topological polar surface area (TPSA) is 54.4 Å². The molecule has 1 aromatic heterocycles. The summed E-state index contributed by atoms with van der Waals surface area (Å²) < 4.78 is 0. The third-order valence-corrected chi connectivity index (χ3v) is 4.70. The number of hydrogen-bond donors (Lipinski definition) is 1. The van der Waals surface area contributed by atoms with Crippen LogP contribution in [-0.4, -0.2) is 16.6 Å². The van der Waals surface area contributed by atoms with Gasteiger partial charge in [-0.25, -0.2) is 4.98 Å². The number of hydrogen-bond acceptors (Lipinski definition) is 3. The highest BCUT2D eigenvalue weighted by molar-refractivity contribution is 6.40. The third kappa shape index (κ3) is 2.73. The summed E-state index contributed by atoms with van der Waals surface area (Å²) in [6, 6.07) is 7.23. The maximum atomic E-state index is 12.0. The van der Waals surface area contributed by atoms with E-state index in [2.05, 4.69) is 15.3 Å². The number of benzene rings is 1. The molecular weight excluding hydrogens is 333 g/mol. The van der Waals surface area contributed by atoms with E-state index in [1.54, 1.807) is 24.4 Å². The van der Waals surface area contributed by atoms with Crippen LogP contribution >= 0.6 is 23.2 Å². The summed E-state index contributed by atoms with van der Waals surface area (Å²) in [6.45, 7) is 0. The molecule has 0 radical (unpaired) electrons. The van der Waals surface area contributed by atoms with Crippen molar-refractivity contribution >= 4 is 46.3 Å². The lowest BCUT2D eigenvalue weighted by Gasteiger charge is -2.08. The molecule has 0 spiro atoms. The molecule has 116 valence electrons. The van der Waals surface area contributed by atoms with Gasteiger partial charge < -0.3 is 5.32 Å². The zero-order valence-corrected chi connectivity index (χ0v) is 13.7. The molecule has 1 aromatic carbocycles. The van der Waals surface area contributed by atoms with Gasteiger partial charge in [0.2, 0.25) is 5.91 Å². The molecule has 1 amide bonds. The quantitative estimate of drug-likeness (QED) is 0.895. The lowest BCUT2D eigenvalue weighted by molar-refractivity contribution is -0.117. The number of nitrogens with zero attached hydrogens (tertiary/aromatic N) is 2. The average Bonchev–Trinajstić information content (AvgIpc) is 3.28. The maximum absolute atomic E-state index is 12.0. The molecule has 1 aliphatic carbocycles. The second-order valence-corrected chi connectivity index (χ2v) is 6.57. The summed E-state index contributed by atoms with van der Waals surface area (Å²) in [5.41, 5.74) is 3.25. The number of anilines is 1. The Bertz CT molecular complexity index is 823. The van der Waals surface area contributed by atoms with Crippen LogP contribution in [0.4, 0.5) is 11.5 Å². The van der Waals surface area contributed by atoms with Gasteiger partial charge >= 0.3 is 0 Å². The van der Waals surface area contributed by atoms with Crippen LogP contribution in [0.1, 0.15) is 24.0 Å². The van der Waals surface area contributed by atoms with Gasteiger partial charge in [-0.1, -0.05) is 29.3 Å². The van der Waals surface area contributed by atoms with Crippen molar-refractivity contribution in [2.24, 2.45) is 10.9 Å². The summed E-state index contributed by atoms with van der Waals surface area (Å²) in [5, 5.41) is 4.06. The van der Waals surface area contributed by atoms with E-state index < -0.39 is 0 Å². The Hall–Kier alpha value is -1.91. The van der Waals surface area contributed by atoms with Crippen LogP contribution in [0, 0.1) is 5.92 Å². The summed E-state index contributed by atoms with van der Waals surface area (Å²) in [7, 11) is 0. The highest BCUT2D eigenvalue weighted by Gasteiger charge is 2.31. The Balaban J connectivity index is 1.67. The Morgan fingerprint density at radius 3 is 2.61 bits per heavy atom. The smallest absolute Gasteiger partial charge is 0.228 e. The van der Waals surface area contributed by atoms with Crippen molar-refractivity contribution < 1.29 is 4.79 Å². The van der Waals surface area contributed by atoms with Crippen LogP contribution in [0.2, 0.25) is 10.0 Å². The molecule has 1 aliphatic heterocycles. The fraction of sp³-hybridized carbons (Fsp3) is 0.235. The molecule has 2 aromatic rings. The number of aromatic nitrogens is 1. The molecule has 23 heavy (non-hydrogen) atoms. The molecule has 0 unspecified atom stereocenters. The van der Waals surface area contributed by atoms with Gasteiger partial charge in [-0.3, -0.25) is 9.79 Å². The molecule has 1 saturated carbocycles. The molecule has 0 bridgehead atoms. The summed E-state index contributed by atoms with van der Waals surface area (Å²) in [6.07, 6.45) is 4.12. The Kier molecular flexibility index (Phi) is 3.58. The third-order valence-electron chi connectivity index (χ3n) is 4.07. The summed E-state index contributed by atoms with van der Waals surface area (Å²) in [5.74, 6) is 0.754. The number of rotatable bonds is 3. The lowest BCUT2D eigenvalue weighted by atomic mass is 10.0. The van der Waals surface area contributed by atoms with E-state index in [-0.39, 0.29) is 11.8 Å². The first-order valence-electron chi connectivity index (χ1n) is 7.44.